The monoisotopic (exact) mass is 367 g/mol. The first-order chi connectivity index (χ1) is 13.2. The number of anilines is 1. The molecule has 0 bridgehead atoms. The van der Waals surface area contributed by atoms with Gasteiger partial charge in [0.05, 0.1) is 6.04 Å². The van der Waals surface area contributed by atoms with Crippen molar-refractivity contribution < 1.29 is 9.53 Å². The lowest BCUT2D eigenvalue weighted by atomic mass is 10.2. The van der Waals surface area contributed by atoms with Crippen molar-refractivity contribution >= 4 is 11.6 Å². The molecule has 1 amide bonds. The van der Waals surface area contributed by atoms with Crippen LogP contribution < -0.4 is 15.4 Å². The van der Waals surface area contributed by atoms with E-state index in [1.165, 1.54) is 5.56 Å². The van der Waals surface area contributed by atoms with E-state index in [4.69, 9.17) is 4.74 Å². The number of carbonyl (C=O) groups excluding carboxylic acids is 1. The molecule has 1 fully saturated rings. The largest absolute Gasteiger partial charge is 0.457 e. The first-order valence-electron chi connectivity index (χ1n) is 9.81. The number of amides is 1. The normalized spacial score (nSPS) is 16.5. The van der Waals surface area contributed by atoms with Crippen LogP contribution in [0.4, 0.5) is 5.69 Å². The van der Waals surface area contributed by atoms with E-state index in [1.807, 2.05) is 36.4 Å². The van der Waals surface area contributed by atoms with Crippen molar-refractivity contribution in [3.63, 3.8) is 0 Å². The molecule has 0 aromatic heterocycles. The second-order valence-electron chi connectivity index (χ2n) is 6.87. The molecule has 0 unspecified atom stereocenters. The van der Waals surface area contributed by atoms with Crippen LogP contribution in [0.15, 0.2) is 48.5 Å². The minimum absolute atomic E-state index is 0.0324. The fraction of sp³-hybridized carbons (Fsp3) is 0.409. The number of nitrogens with zero attached hydrogens (tertiary/aromatic N) is 1. The van der Waals surface area contributed by atoms with E-state index in [0.29, 0.717) is 0 Å². The highest BCUT2D eigenvalue weighted by atomic mass is 16.5. The summed E-state index contributed by atoms with van der Waals surface area (Å²) in [5, 5.41) is 6.15. The number of benzene rings is 2. The molecule has 144 valence electrons. The highest BCUT2D eigenvalue weighted by Gasteiger charge is 2.21. The highest BCUT2D eigenvalue weighted by Crippen LogP contribution is 2.24. The van der Waals surface area contributed by atoms with Gasteiger partial charge in [0.15, 0.2) is 0 Å². The molecule has 2 aromatic rings. The summed E-state index contributed by atoms with van der Waals surface area (Å²) in [5.74, 6) is 1.60. The fourth-order valence-corrected chi connectivity index (χ4v) is 3.25. The molecule has 1 heterocycles. The van der Waals surface area contributed by atoms with Crippen LogP contribution in [0.25, 0.3) is 0 Å². The van der Waals surface area contributed by atoms with Crippen molar-refractivity contribution in [2.45, 2.75) is 39.3 Å². The quantitative estimate of drug-likeness (QED) is 0.740. The highest BCUT2D eigenvalue weighted by molar-refractivity contribution is 5.95. The van der Waals surface area contributed by atoms with Crippen LogP contribution >= 0.6 is 0 Å². The predicted molar refractivity (Wildman–Crippen MR) is 109 cm³/mol. The number of hydrogen-bond donors (Lipinski definition) is 2. The lowest BCUT2D eigenvalue weighted by Crippen LogP contribution is -2.35. The lowest BCUT2D eigenvalue weighted by molar-refractivity contribution is -0.117. The van der Waals surface area contributed by atoms with Crippen LogP contribution in [-0.2, 0) is 11.3 Å². The summed E-state index contributed by atoms with van der Waals surface area (Å²) in [6, 6.07) is 15.6. The number of rotatable bonds is 8. The summed E-state index contributed by atoms with van der Waals surface area (Å²) < 4.78 is 5.91. The molecular formula is C22H29N3O2. The second kappa shape index (κ2) is 9.53. The first kappa shape index (κ1) is 19.4. The van der Waals surface area contributed by atoms with Gasteiger partial charge in [-0.25, -0.2) is 0 Å². The molecule has 0 aliphatic carbocycles. The zero-order chi connectivity index (χ0) is 19.1. The molecular weight excluding hydrogens is 338 g/mol. The Morgan fingerprint density at radius 2 is 1.70 bits per heavy atom. The molecule has 1 saturated heterocycles. The zero-order valence-electron chi connectivity index (χ0n) is 16.2. The molecule has 5 nitrogen and oxygen atoms in total. The van der Waals surface area contributed by atoms with E-state index in [9.17, 15) is 4.79 Å². The molecule has 1 aliphatic heterocycles. The maximum absolute atomic E-state index is 12.1. The van der Waals surface area contributed by atoms with Crippen LogP contribution in [-0.4, -0.2) is 36.5 Å². The summed E-state index contributed by atoms with van der Waals surface area (Å²) in [6.45, 7) is 8.33. The first-order valence-corrected chi connectivity index (χ1v) is 9.81. The lowest BCUT2D eigenvalue weighted by Gasteiger charge is -2.18. The van der Waals surface area contributed by atoms with E-state index < -0.39 is 0 Å². The molecule has 0 saturated carbocycles. The molecule has 27 heavy (non-hydrogen) atoms. The van der Waals surface area contributed by atoms with Gasteiger partial charge in [-0.1, -0.05) is 26.0 Å². The van der Waals surface area contributed by atoms with Gasteiger partial charge in [0.2, 0.25) is 5.91 Å². The van der Waals surface area contributed by atoms with E-state index in [-0.39, 0.29) is 11.9 Å². The van der Waals surface area contributed by atoms with Crippen molar-refractivity contribution in [1.82, 2.24) is 10.2 Å². The Morgan fingerprint density at radius 3 is 2.26 bits per heavy atom. The second-order valence-corrected chi connectivity index (χ2v) is 6.87. The Labute approximate surface area is 161 Å². The summed E-state index contributed by atoms with van der Waals surface area (Å²) in [6.07, 6.45) is 1.95. The van der Waals surface area contributed by atoms with Crippen molar-refractivity contribution in [3.05, 3.63) is 54.1 Å². The number of carbonyl (C=O) groups is 1. The maximum Gasteiger partial charge on any atom is 0.241 e. The van der Waals surface area contributed by atoms with Gasteiger partial charge in [-0.05, 0) is 74.4 Å². The standard InChI is InChI=1S/C22H29N3O2/c1-3-25(4-2)16-17-7-11-19(12-8-17)27-20-13-9-18(10-14-20)24-22(26)21-6-5-15-23-21/h7-14,21,23H,3-6,15-16H2,1-2H3,(H,24,26)/t21-/m0/s1. The van der Waals surface area contributed by atoms with E-state index >= 15 is 0 Å². The van der Waals surface area contributed by atoms with Crippen LogP contribution in [0, 0.1) is 0 Å². The Balaban J connectivity index is 1.54. The van der Waals surface area contributed by atoms with Crippen molar-refractivity contribution in [3.8, 4) is 11.5 Å². The zero-order valence-corrected chi connectivity index (χ0v) is 16.2. The number of hydrogen-bond acceptors (Lipinski definition) is 4. The van der Waals surface area contributed by atoms with E-state index in [2.05, 4.69) is 41.5 Å². The summed E-state index contributed by atoms with van der Waals surface area (Å²) in [5.41, 5.74) is 2.07. The number of nitrogens with one attached hydrogen (secondary N) is 2. The minimum Gasteiger partial charge on any atom is -0.457 e. The maximum atomic E-state index is 12.1. The van der Waals surface area contributed by atoms with Crippen LogP contribution in [0.3, 0.4) is 0 Å². The third-order valence-corrected chi connectivity index (χ3v) is 4.96. The molecule has 1 atom stereocenters. The van der Waals surface area contributed by atoms with Crippen LogP contribution in [0.1, 0.15) is 32.3 Å². The van der Waals surface area contributed by atoms with Gasteiger partial charge in [-0.3, -0.25) is 9.69 Å². The Bertz CT molecular complexity index is 718. The summed E-state index contributed by atoms with van der Waals surface area (Å²) in [4.78, 5) is 14.5. The van der Waals surface area contributed by atoms with Gasteiger partial charge in [-0.15, -0.1) is 0 Å². The van der Waals surface area contributed by atoms with Gasteiger partial charge < -0.3 is 15.4 Å². The number of ether oxygens (including phenoxy) is 1. The molecule has 0 spiro atoms. The average molecular weight is 367 g/mol. The molecule has 5 heteroatoms. The predicted octanol–water partition coefficient (Wildman–Crippen LogP) is 4.01. The Hall–Kier alpha value is -2.37. The Kier molecular flexibility index (Phi) is 6.85. The van der Waals surface area contributed by atoms with E-state index in [0.717, 1.165) is 56.2 Å². The minimum atomic E-state index is -0.0734. The summed E-state index contributed by atoms with van der Waals surface area (Å²) in [7, 11) is 0. The van der Waals surface area contributed by atoms with Crippen molar-refractivity contribution in [2.75, 3.05) is 25.0 Å². The molecule has 1 aliphatic rings. The van der Waals surface area contributed by atoms with E-state index in [1.54, 1.807) is 0 Å². The average Bonchev–Trinajstić information content (AvgIpc) is 3.24. The fourth-order valence-electron chi connectivity index (χ4n) is 3.25. The van der Waals surface area contributed by atoms with Gasteiger partial charge in [0.25, 0.3) is 0 Å². The topological polar surface area (TPSA) is 53.6 Å². The van der Waals surface area contributed by atoms with Gasteiger partial charge in [0, 0.05) is 12.2 Å². The van der Waals surface area contributed by atoms with Crippen molar-refractivity contribution in [2.24, 2.45) is 0 Å². The SMILES string of the molecule is CCN(CC)Cc1ccc(Oc2ccc(NC(=O)[C@@H]3CCCN3)cc2)cc1. The smallest absolute Gasteiger partial charge is 0.241 e. The third-order valence-electron chi connectivity index (χ3n) is 4.96. The van der Waals surface area contributed by atoms with Gasteiger partial charge in [0.1, 0.15) is 11.5 Å². The van der Waals surface area contributed by atoms with Crippen LogP contribution in [0.5, 0.6) is 11.5 Å². The van der Waals surface area contributed by atoms with Gasteiger partial charge in [-0.2, -0.15) is 0 Å². The molecule has 3 rings (SSSR count). The molecule has 0 radical (unpaired) electrons. The molecule has 2 N–H and O–H groups in total. The Morgan fingerprint density at radius 1 is 1.07 bits per heavy atom. The molecule has 2 aromatic carbocycles. The van der Waals surface area contributed by atoms with Gasteiger partial charge >= 0.3 is 0 Å². The summed E-state index contributed by atoms with van der Waals surface area (Å²) >= 11 is 0. The van der Waals surface area contributed by atoms with Crippen molar-refractivity contribution in [1.29, 1.82) is 0 Å². The third kappa shape index (κ3) is 5.55. The van der Waals surface area contributed by atoms with Crippen LogP contribution in [0.2, 0.25) is 0 Å².